The van der Waals surface area contributed by atoms with Gasteiger partial charge in [-0.15, -0.1) is 0 Å². The number of carbonyl (C=O) groups excluding carboxylic acids is 1. The predicted molar refractivity (Wildman–Crippen MR) is 80.4 cm³/mol. The SMILES string of the molecule is CC(CCNC(=O)NC1C2CCC(C2)C1C(=O)O)S(C)=O. The van der Waals surface area contributed by atoms with Gasteiger partial charge in [0.05, 0.1) is 5.92 Å². The number of nitrogens with one attached hydrogen (secondary N) is 2. The van der Waals surface area contributed by atoms with Crippen LogP contribution >= 0.6 is 0 Å². The molecular formula is C14H24N2O4S. The summed E-state index contributed by atoms with van der Waals surface area (Å²) in [7, 11) is -0.892. The molecule has 0 aromatic carbocycles. The Kier molecular flexibility index (Phi) is 5.24. The summed E-state index contributed by atoms with van der Waals surface area (Å²) in [6.45, 7) is 2.33. The van der Waals surface area contributed by atoms with Gasteiger partial charge >= 0.3 is 12.0 Å². The molecule has 0 radical (unpaired) electrons. The number of fused-ring (bicyclic) bond motifs is 2. The Balaban J connectivity index is 1.79. The van der Waals surface area contributed by atoms with Crippen LogP contribution in [0.2, 0.25) is 0 Å². The van der Waals surface area contributed by atoms with Gasteiger partial charge in [0.1, 0.15) is 0 Å². The van der Waals surface area contributed by atoms with E-state index < -0.39 is 22.7 Å². The molecule has 2 bridgehead atoms. The fraction of sp³-hybridized carbons (Fsp3) is 0.857. The molecule has 0 spiro atoms. The lowest BCUT2D eigenvalue weighted by atomic mass is 9.84. The fourth-order valence-corrected chi connectivity index (χ4v) is 4.06. The Morgan fingerprint density at radius 1 is 1.33 bits per heavy atom. The Morgan fingerprint density at radius 2 is 2.00 bits per heavy atom. The molecule has 2 fully saturated rings. The van der Waals surface area contributed by atoms with Crippen LogP contribution in [-0.4, -0.2) is 45.4 Å². The molecule has 0 aromatic heterocycles. The highest BCUT2D eigenvalue weighted by Gasteiger charge is 2.51. The molecule has 2 aliphatic carbocycles. The van der Waals surface area contributed by atoms with Crippen LogP contribution in [0.4, 0.5) is 4.79 Å². The first-order chi connectivity index (χ1) is 9.90. The van der Waals surface area contributed by atoms with Crippen molar-refractivity contribution < 1.29 is 18.9 Å². The summed E-state index contributed by atoms with van der Waals surface area (Å²) in [5.74, 6) is -0.747. The number of carboxylic acids is 1. The van der Waals surface area contributed by atoms with Crippen LogP contribution in [0.3, 0.4) is 0 Å². The highest BCUT2D eigenvalue weighted by atomic mass is 32.2. The zero-order valence-corrected chi connectivity index (χ0v) is 13.3. The molecule has 6 atom stereocenters. The quantitative estimate of drug-likeness (QED) is 0.679. The highest BCUT2D eigenvalue weighted by molar-refractivity contribution is 7.84. The zero-order valence-electron chi connectivity index (χ0n) is 12.5. The normalized spacial score (nSPS) is 33.4. The number of hydrogen-bond acceptors (Lipinski definition) is 3. The number of carboxylic acid groups (broad SMARTS) is 1. The first-order valence-electron chi connectivity index (χ1n) is 7.49. The van der Waals surface area contributed by atoms with Crippen molar-refractivity contribution >= 4 is 22.8 Å². The van der Waals surface area contributed by atoms with Crippen molar-refractivity contribution in [2.45, 2.75) is 43.9 Å². The Bertz CT molecular complexity index is 443. The summed E-state index contributed by atoms with van der Waals surface area (Å²) in [5.41, 5.74) is 0. The summed E-state index contributed by atoms with van der Waals surface area (Å²) >= 11 is 0. The summed E-state index contributed by atoms with van der Waals surface area (Å²) in [5, 5.41) is 14.9. The largest absolute Gasteiger partial charge is 0.481 e. The molecule has 6 unspecified atom stereocenters. The van der Waals surface area contributed by atoms with E-state index in [0.717, 1.165) is 19.3 Å². The van der Waals surface area contributed by atoms with Crippen molar-refractivity contribution in [3.8, 4) is 0 Å². The van der Waals surface area contributed by atoms with Crippen LogP contribution in [0.25, 0.3) is 0 Å². The lowest BCUT2D eigenvalue weighted by Gasteiger charge is -2.28. The van der Waals surface area contributed by atoms with Gasteiger partial charge in [0.15, 0.2) is 0 Å². The maximum Gasteiger partial charge on any atom is 0.315 e. The van der Waals surface area contributed by atoms with Crippen molar-refractivity contribution in [3.05, 3.63) is 0 Å². The first kappa shape index (κ1) is 16.3. The van der Waals surface area contributed by atoms with E-state index in [1.165, 1.54) is 0 Å². The van der Waals surface area contributed by atoms with Crippen molar-refractivity contribution in [3.63, 3.8) is 0 Å². The molecule has 3 N–H and O–H groups in total. The topological polar surface area (TPSA) is 95.5 Å². The van der Waals surface area contributed by atoms with E-state index in [9.17, 15) is 18.9 Å². The van der Waals surface area contributed by atoms with E-state index >= 15 is 0 Å². The summed E-state index contributed by atoms with van der Waals surface area (Å²) in [4.78, 5) is 23.3. The molecule has 21 heavy (non-hydrogen) atoms. The third kappa shape index (κ3) is 3.75. The summed E-state index contributed by atoms with van der Waals surface area (Å²) in [6, 6.07) is -0.563. The minimum Gasteiger partial charge on any atom is -0.481 e. The van der Waals surface area contributed by atoms with Crippen LogP contribution in [0.5, 0.6) is 0 Å². The first-order valence-corrected chi connectivity index (χ1v) is 9.11. The smallest absolute Gasteiger partial charge is 0.315 e. The molecule has 6 nitrogen and oxygen atoms in total. The minimum atomic E-state index is -0.892. The van der Waals surface area contributed by atoms with Crippen LogP contribution in [0.1, 0.15) is 32.6 Å². The lowest BCUT2D eigenvalue weighted by Crippen LogP contribution is -2.50. The van der Waals surface area contributed by atoms with Gasteiger partial charge in [-0.2, -0.15) is 0 Å². The van der Waals surface area contributed by atoms with Gasteiger partial charge in [-0.3, -0.25) is 9.00 Å². The van der Waals surface area contributed by atoms with Gasteiger partial charge in [0, 0.05) is 34.9 Å². The second-order valence-corrected chi connectivity index (χ2v) is 8.02. The van der Waals surface area contributed by atoms with E-state index in [2.05, 4.69) is 10.6 Å². The third-order valence-electron chi connectivity index (χ3n) is 4.90. The fourth-order valence-electron chi connectivity index (χ4n) is 3.61. The van der Waals surface area contributed by atoms with Crippen LogP contribution in [0.15, 0.2) is 0 Å². The van der Waals surface area contributed by atoms with E-state index in [0.29, 0.717) is 18.9 Å². The van der Waals surface area contributed by atoms with E-state index in [-0.39, 0.29) is 23.2 Å². The Labute approximate surface area is 127 Å². The zero-order chi connectivity index (χ0) is 15.6. The number of carbonyl (C=O) groups is 2. The van der Waals surface area contributed by atoms with Gasteiger partial charge in [-0.25, -0.2) is 4.79 Å². The second-order valence-electron chi connectivity index (χ2n) is 6.22. The number of aliphatic carboxylic acids is 1. The maximum absolute atomic E-state index is 11.9. The average molecular weight is 316 g/mol. The van der Waals surface area contributed by atoms with E-state index in [4.69, 9.17) is 0 Å². The number of amides is 2. The Morgan fingerprint density at radius 3 is 2.62 bits per heavy atom. The standard InChI is InChI=1S/C14H24N2O4S/c1-8(21(2)20)5-6-15-14(19)16-12-10-4-3-9(7-10)11(12)13(17)18/h8-12H,3-7H2,1-2H3,(H,17,18)(H2,15,16,19). The van der Waals surface area contributed by atoms with Gasteiger partial charge in [-0.05, 0) is 37.5 Å². The molecule has 2 amide bonds. The van der Waals surface area contributed by atoms with Crippen molar-refractivity contribution in [2.75, 3.05) is 12.8 Å². The third-order valence-corrected chi connectivity index (χ3v) is 6.27. The molecule has 120 valence electrons. The van der Waals surface area contributed by atoms with Crippen LogP contribution in [0, 0.1) is 17.8 Å². The Hall–Kier alpha value is -1.11. The number of rotatable bonds is 6. The molecular weight excluding hydrogens is 292 g/mol. The minimum absolute atomic E-state index is 0.0413. The highest BCUT2D eigenvalue weighted by Crippen LogP contribution is 2.48. The summed E-state index contributed by atoms with van der Waals surface area (Å²) < 4.78 is 11.2. The molecule has 7 heteroatoms. The molecule has 2 aliphatic rings. The van der Waals surface area contributed by atoms with E-state index in [1.54, 1.807) is 6.26 Å². The predicted octanol–water partition coefficient (Wildman–Crippen LogP) is 0.942. The number of hydrogen-bond donors (Lipinski definition) is 3. The molecule has 2 rings (SSSR count). The van der Waals surface area contributed by atoms with Gasteiger partial charge in [0.2, 0.25) is 0 Å². The summed E-state index contributed by atoms with van der Waals surface area (Å²) in [6.07, 6.45) is 5.17. The van der Waals surface area contributed by atoms with Gasteiger partial charge in [-0.1, -0.05) is 6.92 Å². The monoisotopic (exact) mass is 316 g/mol. The van der Waals surface area contributed by atoms with Crippen LogP contribution in [-0.2, 0) is 15.6 Å². The van der Waals surface area contributed by atoms with Gasteiger partial charge < -0.3 is 15.7 Å². The van der Waals surface area contributed by atoms with Crippen molar-refractivity contribution in [1.82, 2.24) is 10.6 Å². The molecule has 0 heterocycles. The molecule has 2 saturated carbocycles. The maximum atomic E-state index is 11.9. The number of urea groups is 1. The van der Waals surface area contributed by atoms with E-state index in [1.807, 2.05) is 6.92 Å². The lowest BCUT2D eigenvalue weighted by molar-refractivity contribution is -0.144. The molecule has 0 aromatic rings. The van der Waals surface area contributed by atoms with Crippen molar-refractivity contribution in [1.29, 1.82) is 0 Å². The second kappa shape index (κ2) is 6.77. The molecule has 0 aliphatic heterocycles. The molecule has 0 saturated heterocycles. The average Bonchev–Trinajstić information content (AvgIpc) is 2.98. The van der Waals surface area contributed by atoms with Crippen LogP contribution < -0.4 is 10.6 Å². The van der Waals surface area contributed by atoms with Gasteiger partial charge in [0.25, 0.3) is 0 Å². The van der Waals surface area contributed by atoms with Crippen molar-refractivity contribution in [2.24, 2.45) is 17.8 Å².